The molecule has 0 saturated carbocycles. The van der Waals surface area contributed by atoms with Gasteiger partial charge in [-0.15, -0.1) is 0 Å². The van der Waals surface area contributed by atoms with Crippen molar-refractivity contribution < 1.29 is 23.7 Å². The maximum Gasteiger partial charge on any atom is 0.313 e. The van der Waals surface area contributed by atoms with Crippen molar-refractivity contribution in [1.82, 2.24) is 4.90 Å². The van der Waals surface area contributed by atoms with Crippen molar-refractivity contribution in [2.24, 2.45) is 5.41 Å². The fourth-order valence-corrected chi connectivity index (χ4v) is 4.15. The van der Waals surface area contributed by atoms with Gasteiger partial charge in [-0.1, -0.05) is 30.3 Å². The number of hydrogen-bond acceptors (Lipinski definition) is 6. The summed E-state index contributed by atoms with van der Waals surface area (Å²) in [4.78, 5) is 14.2. The van der Waals surface area contributed by atoms with Crippen LogP contribution in [0.5, 0.6) is 11.5 Å². The van der Waals surface area contributed by atoms with Crippen molar-refractivity contribution >= 4 is 5.97 Å². The van der Waals surface area contributed by atoms with Crippen LogP contribution >= 0.6 is 0 Å². The van der Waals surface area contributed by atoms with Crippen LogP contribution in [0.3, 0.4) is 0 Å². The quantitative estimate of drug-likeness (QED) is 0.345. The number of likely N-dealkylation sites (N-methyl/N-ethyl adjacent to an activating group) is 1. The van der Waals surface area contributed by atoms with Crippen molar-refractivity contribution in [2.45, 2.75) is 58.6 Å². The Labute approximate surface area is 204 Å². The van der Waals surface area contributed by atoms with E-state index in [-0.39, 0.29) is 18.9 Å². The average molecular weight is 470 g/mol. The summed E-state index contributed by atoms with van der Waals surface area (Å²) < 4.78 is 22.6. The minimum atomic E-state index is -0.514. The van der Waals surface area contributed by atoms with Crippen LogP contribution in [0, 0.1) is 5.41 Å². The number of nitrogens with zero attached hydrogens (tertiary/aromatic N) is 1. The number of benzene rings is 2. The van der Waals surface area contributed by atoms with Crippen molar-refractivity contribution in [3.63, 3.8) is 0 Å². The fourth-order valence-electron chi connectivity index (χ4n) is 4.15. The van der Waals surface area contributed by atoms with Crippen molar-refractivity contribution in [2.75, 3.05) is 34.1 Å². The molecule has 2 aromatic rings. The van der Waals surface area contributed by atoms with Gasteiger partial charge in [-0.25, -0.2) is 0 Å². The number of hydrogen-bond donors (Lipinski definition) is 0. The second-order valence-electron chi connectivity index (χ2n) is 10.0. The lowest BCUT2D eigenvalue weighted by Crippen LogP contribution is -2.27. The number of carbonyl (C=O) groups excluding carboxylic acids is 1. The normalized spacial score (nSPS) is 18.6. The summed E-state index contributed by atoms with van der Waals surface area (Å²) in [5, 5.41) is 0. The lowest BCUT2D eigenvalue weighted by Gasteiger charge is -2.19. The average Bonchev–Trinajstić information content (AvgIpc) is 3.17. The summed E-state index contributed by atoms with van der Waals surface area (Å²) in [6.45, 7) is 7.01. The van der Waals surface area contributed by atoms with Crippen molar-refractivity contribution in [3.05, 3.63) is 59.7 Å². The SMILES string of the molecule is COc1cccc(CCc2ccccc2OCC[C@@H]2C[C@@H](OCOC(=O)C(C)(C)C)CN2C)c1. The molecule has 0 aromatic heterocycles. The molecule has 1 fully saturated rings. The Morgan fingerprint density at radius 1 is 1.09 bits per heavy atom. The molecule has 0 amide bonds. The Bertz CT molecular complexity index is 923. The maximum atomic E-state index is 11.9. The number of para-hydroxylation sites is 1. The van der Waals surface area contributed by atoms with Crippen LogP contribution in [0.2, 0.25) is 0 Å². The van der Waals surface area contributed by atoms with Crippen LogP contribution in [0.1, 0.15) is 44.7 Å². The highest BCUT2D eigenvalue weighted by molar-refractivity contribution is 5.75. The summed E-state index contributed by atoms with van der Waals surface area (Å²) in [6, 6.07) is 16.9. The number of likely N-dealkylation sites (tertiary alicyclic amines) is 1. The highest BCUT2D eigenvalue weighted by Crippen LogP contribution is 2.25. The molecule has 1 heterocycles. The first-order chi connectivity index (χ1) is 16.3. The first kappa shape index (κ1) is 26.0. The zero-order valence-electron chi connectivity index (χ0n) is 21.2. The summed E-state index contributed by atoms with van der Waals surface area (Å²) >= 11 is 0. The van der Waals surface area contributed by atoms with Gasteiger partial charge in [0.1, 0.15) is 11.5 Å². The van der Waals surface area contributed by atoms with Crippen LogP contribution in [0.25, 0.3) is 0 Å². The van der Waals surface area contributed by atoms with Crippen LogP contribution < -0.4 is 9.47 Å². The van der Waals surface area contributed by atoms with E-state index in [0.717, 1.165) is 43.7 Å². The van der Waals surface area contributed by atoms with Crippen LogP contribution in [0.4, 0.5) is 0 Å². The monoisotopic (exact) mass is 469 g/mol. The summed E-state index contributed by atoms with van der Waals surface area (Å²) in [5.74, 6) is 1.60. The van der Waals surface area contributed by atoms with Crippen molar-refractivity contribution in [1.29, 1.82) is 0 Å². The number of carbonyl (C=O) groups is 1. The van der Waals surface area contributed by atoms with Gasteiger partial charge in [-0.2, -0.15) is 0 Å². The molecule has 1 aliphatic heterocycles. The third-order valence-corrected chi connectivity index (χ3v) is 6.25. The number of methoxy groups -OCH3 is 1. The zero-order chi connectivity index (χ0) is 24.6. The Morgan fingerprint density at radius 2 is 1.88 bits per heavy atom. The van der Waals surface area contributed by atoms with Gasteiger partial charge < -0.3 is 23.8 Å². The van der Waals surface area contributed by atoms with E-state index in [1.807, 2.05) is 39.0 Å². The van der Waals surface area contributed by atoms with E-state index in [4.69, 9.17) is 18.9 Å². The van der Waals surface area contributed by atoms with Crippen molar-refractivity contribution in [3.8, 4) is 11.5 Å². The van der Waals surface area contributed by atoms with E-state index in [1.54, 1.807) is 7.11 Å². The molecule has 6 heteroatoms. The second kappa shape index (κ2) is 12.2. The number of aryl methyl sites for hydroxylation is 2. The number of rotatable bonds is 11. The molecule has 0 aliphatic carbocycles. The molecule has 0 bridgehead atoms. The molecular weight excluding hydrogens is 430 g/mol. The Morgan fingerprint density at radius 3 is 2.65 bits per heavy atom. The molecule has 2 atom stereocenters. The molecule has 0 unspecified atom stereocenters. The molecule has 0 N–H and O–H groups in total. The lowest BCUT2D eigenvalue weighted by molar-refractivity contribution is -0.169. The number of ether oxygens (including phenoxy) is 4. The molecule has 34 heavy (non-hydrogen) atoms. The van der Waals surface area contributed by atoms with E-state index >= 15 is 0 Å². The van der Waals surface area contributed by atoms with Gasteiger partial charge in [0.05, 0.1) is 25.2 Å². The summed E-state index contributed by atoms with van der Waals surface area (Å²) in [5.41, 5.74) is 1.95. The molecule has 6 nitrogen and oxygen atoms in total. The fraction of sp³-hybridized carbons (Fsp3) is 0.536. The predicted octanol–water partition coefficient (Wildman–Crippen LogP) is 4.89. The Balaban J connectivity index is 1.43. The van der Waals surface area contributed by atoms with Crippen LogP contribution in [-0.4, -0.2) is 57.1 Å². The smallest absolute Gasteiger partial charge is 0.313 e. The van der Waals surface area contributed by atoms with E-state index < -0.39 is 5.41 Å². The van der Waals surface area contributed by atoms with Gasteiger partial charge in [0.25, 0.3) is 0 Å². The molecule has 1 aliphatic rings. The van der Waals surface area contributed by atoms with Gasteiger partial charge in [-0.05, 0) is 82.8 Å². The minimum Gasteiger partial charge on any atom is -0.497 e. The Kier molecular flexibility index (Phi) is 9.36. The molecule has 0 spiro atoms. The highest BCUT2D eigenvalue weighted by atomic mass is 16.7. The zero-order valence-corrected chi connectivity index (χ0v) is 21.2. The standard InChI is InChI=1S/C28H39NO5/c1-28(2,3)27(30)34-20-33-25-18-23(29(4)19-25)15-16-32-26-12-7-6-10-22(26)14-13-21-9-8-11-24(17-21)31-5/h6-12,17,23,25H,13-16,18-20H2,1-5H3/t23-,25-/m1/s1. The summed E-state index contributed by atoms with van der Waals surface area (Å²) in [6.07, 6.45) is 3.74. The van der Waals surface area contributed by atoms with Crippen LogP contribution in [0.15, 0.2) is 48.5 Å². The van der Waals surface area contributed by atoms with Gasteiger partial charge in [0, 0.05) is 12.6 Å². The minimum absolute atomic E-state index is 0.0124. The van der Waals surface area contributed by atoms with E-state index in [1.165, 1.54) is 11.1 Å². The second-order valence-corrected chi connectivity index (χ2v) is 10.0. The predicted molar refractivity (Wildman–Crippen MR) is 133 cm³/mol. The molecule has 0 radical (unpaired) electrons. The van der Waals surface area contributed by atoms with Gasteiger partial charge in [-0.3, -0.25) is 4.79 Å². The topological polar surface area (TPSA) is 57.2 Å². The molecule has 1 saturated heterocycles. The third-order valence-electron chi connectivity index (χ3n) is 6.25. The Hall–Kier alpha value is -2.57. The molecule has 2 aromatic carbocycles. The lowest BCUT2D eigenvalue weighted by atomic mass is 9.98. The van der Waals surface area contributed by atoms with Crippen LogP contribution in [-0.2, 0) is 27.1 Å². The maximum absolute atomic E-state index is 11.9. The van der Waals surface area contributed by atoms with Gasteiger partial charge in [0.2, 0.25) is 0 Å². The largest absolute Gasteiger partial charge is 0.497 e. The number of esters is 1. The molecule has 3 rings (SSSR count). The summed E-state index contributed by atoms with van der Waals surface area (Å²) in [7, 11) is 3.80. The van der Waals surface area contributed by atoms with E-state index in [9.17, 15) is 4.79 Å². The van der Waals surface area contributed by atoms with E-state index in [2.05, 4.69) is 42.3 Å². The van der Waals surface area contributed by atoms with Gasteiger partial charge >= 0.3 is 5.97 Å². The van der Waals surface area contributed by atoms with E-state index in [0.29, 0.717) is 12.6 Å². The first-order valence-electron chi connectivity index (χ1n) is 12.1. The highest BCUT2D eigenvalue weighted by Gasteiger charge is 2.31. The first-order valence-corrected chi connectivity index (χ1v) is 12.1. The molecule has 186 valence electrons. The third kappa shape index (κ3) is 7.74. The molecular formula is C28H39NO5. The van der Waals surface area contributed by atoms with Gasteiger partial charge in [0.15, 0.2) is 6.79 Å².